The Labute approximate surface area is 156 Å². The van der Waals surface area contributed by atoms with Gasteiger partial charge in [-0.25, -0.2) is 9.37 Å². The summed E-state index contributed by atoms with van der Waals surface area (Å²) in [5.41, 5.74) is 2.11. The van der Waals surface area contributed by atoms with Crippen LogP contribution in [-0.4, -0.2) is 11.2 Å². The van der Waals surface area contributed by atoms with Crippen molar-refractivity contribution in [3.8, 4) is 11.3 Å². The highest BCUT2D eigenvalue weighted by molar-refractivity contribution is 5.86. The Morgan fingerprint density at radius 2 is 1.56 bits per heavy atom. The Bertz CT molecular complexity index is 983. The molecule has 0 radical (unpaired) electrons. The third kappa shape index (κ3) is 3.82. The van der Waals surface area contributed by atoms with E-state index in [2.05, 4.69) is 4.98 Å². The van der Waals surface area contributed by atoms with Gasteiger partial charge in [0.05, 0.1) is 16.6 Å². The van der Waals surface area contributed by atoms with Crippen molar-refractivity contribution in [2.75, 3.05) is 0 Å². The molecule has 2 aromatic carbocycles. The lowest BCUT2D eigenvalue weighted by Crippen LogP contribution is -2.34. The Balaban J connectivity index is 2.24. The van der Waals surface area contributed by atoms with Crippen LogP contribution in [0.2, 0.25) is 0 Å². The number of fused-ring (bicyclic) bond motifs is 1. The van der Waals surface area contributed by atoms with Gasteiger partial charge in [-0.1, -0.05) is 37.1 Å². The number of nitrogens with zero attached hydrogens (tertiary/aromatic N) is 1. The highest BCUT2D eigenvalue weighted by Gasteiger charge is 2.47. The van der Waals surface area contributed by atoms with Gasteiger partial charge in [-0.3, -0.25) is 0 Å². The van der Waals surface area contributed by atoms with Gasteiger partial charge in [-0.2, -0.15) is 13.2 Å². The van der Waals surface area contributed by atoms with Crippen LogP contribution in [-0.2, 0) is 6.42 Å². The minimum Gasteiger partial charge on any atom is -0.248 e. The third-order valence-corrected chi connectivity index (χ3v) is 4.78. The van der Waals surface area contributed by atoms with Gasteiger partial charge < -0.3 is 0 Å². The van der Waals surface area contributed by atoms with E-state index < -0.39 is 17.4 Å². The van der Waals surface area contributed by atoms with E-state index in [1.807, 2.05) is 32.0 Å². The number of pyridine rings is 1. The van der Waals surface area contributed by atoms with Gasteiger partial charge in [0.2, 0.25) is 0 Å². The summed E-state index contributed by atoms with van der Waals surface area (Å²) in [6.07, 6.45) is -4.72. The molecule has 0 amide bonds. The fraction of sp³-hybridized carbons (Fsp3) is 0.318. The second-order valence-electron chi connectivity index (χ2n) is 7.74. The summed E-state index contributed by atoms with van der Waals surface area (Å²) in [6, 6.07) is 11.9. The average molecular weight is 375 g/mol. The van der Waals surface area contributed by atoms with Crippen molar-refractivity contribution < 1.29 is 17.6 Å². The summed E-state index contributed by atoms with van der Waals surface area (Å²) < 4.78 is 54.8. The Morgan fingerprint density at radius 3 is 2.15 bits per heavy atom. The van der Waals surface area contributed by atoms with Crippen LogP contribution in [0.15, 0.2) is 42.5 Å². The van der Waals surface area contributed by atoms with E-state index in [0.717, 1.165) is 30.5 Å². The van der Waals surface area contributed by atoms with Crippen molar-refractivity contribution in [3.63, 3.8) is 0 Å². The first-order valence-corrected chi connectivity index (χ1v) is 8.71. The first kappa shape index (κ1) is 19.3. The van der Waals surface area contributed by atoms with E-state index in [1.165, 1.54) is 12.1 Å². The Hall–Kier alpha value is -2.43. The van der Waals surface area contributed by atoms with Gasteiger partial charge in [0, 0.05) is 10.9 Å². The highest BCUT2D eigenvalue weighted by Crippen LogP contribution is 2.42. The quantitative estimate of drug-likeness (QED) is 0.459. The second kappa shape index (κ2) is 6.63. The van der Waals surface area contributed by atoms with Gasteiger partial charge >= 0.3 is 6.18 Å². The predicted molar refractivity (Wildman–Crippen MR) is 100 cm³/mol. The van der Waals surface area contributed by atoms with Crippen LogP contribution in [0.3, 0.4) is 0 Å². The molecule has 3 rings (SSSR count). The summed E-state index contributed by atoms with van der Waals surface area (Å²) in [4.78, 5) is 4.52. The lowest BCUT2D eigenvalue weighted by molar-refractivity contribution is -0.210. The fourth-order valence-corrected chi connectivity index (χ4v) is 3.31. The molecule has 0 N–H and O–H groups in total. The molecular formula is C22H21F4N. The van der Waals surface area contributed by atoms with E-state index >= 15 is 0 Å². The van der Waals surface area contributed by atoms with Crippen LogP contribution in [0.1, 0.15) is 30.5 Å². The Kier molecular flexibility index (Phi) is 4.74. The van der Waals surface area contributed by atoms with Crippen molar-refractivity contribution in [1.82, 2.24) is 4.98 Å². The average Bonchev–Trinajstić information content (AvgIpc) is 2.52. The van der Waals surface area contributed by atoms with E-state index in [9.17, 15) is 17.6 Å². The molecule has 5 heteroatoms. The maximum absolute atomic E-state index is 14.5. The number of alkyl halides is 3. The van der Waals surface area contributed by atoms with E-state index in [0.29, 0.717) is 16.8 Å². The normalized spacial score (nSPS) is 12.6. The number of rotatable bonds is 3. The molecule has 0 fully saturated rings. The van der Waals surface area contributed by atoms with E-state index in [1.54, 1.807) is 12.1 Å². The molecule has 0 saturated heterocycles. The van der Waals surface area contributed by atoms with Gasteiger partial charge in [0.1, 0.15) is 5.82 Å². The first-order valence-electron chi connectivity index (χ1n) is 8.71. The molecule has 142 valence electrons. The molecule has 0 bridgehead atoms. The molecule has 1 nitrogen and oxygen atoms in total. The number of hydrogen-bond acceptors (Lipinski definition) is 1. The van der Waals surface area contributed by atoms with Gasteiger partial charge in [-0.15, -0.1) is 0 Å². The van der Waals surface area contributed by atoms with Crippen LogP contribution in [0.4, 0.5) is 17.6 Å². The summed E-state index contributed by atoms with van der Waals surface area (Å²) >= 11 is 0. The number of aryl methyl sites for hydroxylation is 2. The predicted octanol–water partition coefficient (Wildman–Crippen LogP) is 6.79. The number of halogens is 4. The maximum Gasteiger partial charge on any atom is 0.394 e. The van der Waals surface area contributed by atoms with Crippen LogP contribution < -0.4 is 0 Å². The zero-order valence-electron chi connectivity index (χ0n) is 15.7. The smallest absolute Gasteiger partial charge is 0.248 e. The molecule has 0 unspecified atom stereocenters. The van der Waals surface area contributed by atoms with Crippen LogP contribution in [0, 0.1) is 25.1 Å². The molecule has 0 aliphatic carbocycles. The zero-order chi connectivity index (χ0) is 20.0. The molecule has 0 atom stereocenters. The van der Waals surface area contributed by atoms with Crippen molar-refractivity contribution in [2.24, 2.45) is 5.41 Å². The van der Waals surface area contributed by atoms with Crippen LogP contribution >= 0.6 is 0 Å². The maximum atomic E-state index is 14.5. The number of hydrogen-bond donors (Lipinski definition) is 0. The van der Waals surface area contributed by atoms with Crippen LogP contribution in [0.25, 0.3) is 22.2 Å². The third-order valence-electron chi connectivity index (χ3n) is 4.78. The largest absolute Gasteiger partial charge is 0.394 e. The minimum absolute atomic E-state index is 0.156. The highest BCUT2D eigenvalue weighted by atomic mass is 19.4. The molecule has 0 spiro atoms. The zero-order valence-corrected chi connectivity index (χ0v) is 15.7. The van der Waals surface area contributed by atoms with Crippen molar-refractivity contribution in [3.05, 3.63) is 65.0 Å². The molecule has 0 aliphatic heterocycles. The minimum atomic E-state index is -4.39. The van der Waals surface area contributed by atoms with Crippen molar-refractivity contribution in [1.29, 1.82) is 0 Å². The van der Waals surface area contributed by atoms with Gasteiger partial charge in [-0.05, 0) is 56.2 Å². The Morgan fingerprint density at radius 1 is 0.926 bits per heavy atom. The summed E-state index contributed by atoms with van der Waals surface area (Å²) in [5, 5.41) is 0.156. The van der Waals surface area contributed by atoms with Crippen molar-refractivity contribution in [2.45, 2.75) is 40.3 Å². The standard InChI is InChI=1S/C22H21F4N/c1-13-8-14(2)10-15(9-13)19-11-16(12-21(3,4)22(24,25)26)20-17(23)6-5-7-18(20)27-19/h5-11H,12H2,1-4H3. The topological polar surface area (TPSA) is 12.9 Å². The summed E-state index contributed by atoms with van der Waals surface area (Å²) in [7, 11) is 0. The molecule has 1 aromatic heterocycles. The SMILES string of the molecule is Cc1cc(C)cc(-c2cc(CC(C)(C)C(F)(F)F)c3c(F)cccc3n2)c1. The molecule has 27 heavy (non-hydrogen) atoms. The van der Waals surface area contributed by atoms with E-state index in [-0.39, 0.29) is 11.8 Å². The summed E-state index contributed by atoms with van der Waals surface area (Å²) in [6.45, 7) is 6.17. The summed E-state index contributed by atoms with van der Waals surface area (Å²) in [5.74, 6) is -0.556. The number of aromatic nitrogens is 1. The van der Waals surface area contributed by atoms with Gasteiger partial charge in [0.25, 0.3) is 0 Å². The fourth-order valence-electron chi connectivity index (χ4n) is 3.31. The molecule has 0 aliphatic rings. The molecule has 0 saturated carbocycles. The number of benzene rings is 2. The molecular weight excluding hydrogens is 354 g/mol. The lowest BCUT2D eigenvalue weighted by atomic mass is 9.83. The second-order valence-corrected chi connectivity index (χ2v) is 7.74. The van der Waals surface area contributed by atoms with Gasteiger partial charge in [0.15, 0.2) is 0 Å². The molecule has 3 aromatic rings. The van der Waals surface area contributed by atoms with Crippen molar-refractivity contribution >= 4 is 10.9 Å². The van der Waals surface area contributed by atoms with E-state index in [4.69, 9.17) is 0 Å². The molecule has 1 heterocycles. The monoisotopic (exact) mass is 375 g/mol. The van der Waals surface area contributed by atoms with Crippen LogP contribution in [0.5, 0.6) is 0 Å². The lowest BCUT2D eigenvalue weighted by Gasteiger charge is -2.28. The first-order chi connectivity index (χ1) is 12.5.